The molecule has 0 aromatic heterocycles. The van der Waals surface area contributed by atoms with Crippen molar-refractivity contribution in [3.63, 3.8) is 0 Å². The van der Waals surface area contributed by atoms with Crippen molar-refractivity contribution in [2.75, 3.05) is 6.54 Å². The molecule has 1 N–H and O–H groups in total. The quantitative estimate of drug-likeness (QED) is 0.541. The molecule has 1 aliphatic carbocycles. The molecule has 0 radical (unpaired) electrons. The van der Waals surface area contributed by atoms with E-state index in [1.54, 1.807) is 0 Å². The van der Waals surface area contributed by atoms with E-state index >= 15 is 0 Å². The van der Waals surface area contributed by atoms with E-state index in [1.165, 1.54) is 47.7 Å². The van der Waals surface area contributed by atoms with Crippen LogP contribution in [0.25, 0.3) is 0 Å². The molecule has 0 amide bonds. The molecule has 1 atom stereocenters. The van der Waals surface area contributed by atoms with Crippen LogP contribution in [0.3, 0.4) is 0 Å². The smallest absolute Gasteiger partial charge is 0.0410 e. The first-order valence-electron chi connectivity index (χ1n) is 8.34. The van der Waals surface area contributed by atoms with Gasteiger partial charge in [0.05, 0.1) is 0 Å². The molecule has 0 heterocycles. The third-order valence-corrected chi connectivity index (χ3v) is 6.07. The second-order valence-corrected chi connectivity index (χ2v) is 7.89. The molecule has 1 aliphatic rings. The van der Waals surface area contributed by atoms with Gasteiger partial charge >= 0.3 is 0 Å². The van der Waals surface area contributed by atoms with Crippen LogP contribution in [-0.4, -0.2) is 6.54 Å². The molecule has 118 valence electrons. The highest BCUT2D eigenvalue weighted by Crippen LogP contribution is 2.39. The van der Waals surface area contributed by atoms with Gasteiger partial charge in [-0.05, 0) is 84.0 Å². The van der Waals surface area contributed by atoms with Crippen LogP contribution in [0.2, 0.25) is 5.02 Å². The Hall–Kier alpha value is 0.200. The number of halogens is 2. The van der Waals surface area contributed by atoms with Gasteiger partial charge in [0, 0.05) is 14.6 Å². The van der Waals surface area contributed by atoms with Crippen molar-refractivity contribution in [1.29, 1.82) is 0 Å². The summed E-state index contributed by atoms with van der Waals surface area (Å²) in [6, 6.07) is 6.78. The lowest BCUT2D eigenvalue weighted by atomic mass is 9.76. The van der Waals surface area contributed by atoms with Crippen molar-refractivity contribution in [3.05, 3.63) is 32.4 Å². The molecule has 0 bridgehead atoms. The van der Waals surface area contributed by atoms with Crippen molar-refractivity contribution in [1.82, 2.24) is 5.32 Å². The molecule has 1 saturated carbocycles. The van der Waals surface area contributed by atoms with Gasteiger partial charge in [0.1, 0.15) is 0 Å². The van der Waals surface area contributed by atoms with Crippen LogP contribution in [0.4, 0.5) is 0 Å². The topological polar surface area (TPSA) is 12.0 Å². The Balaban J connectivity index is 2.16. The zero-order valence-electron chi connectivity index (χ0n) is 13.2. The Bertz CT molecular complexity index is 441. The highest BCUT2D eigenvalue weighted by Gasteiger charge is 2.28. The molecule has 3 heteroatoms. The molecule has 0 saturated heterocycles. The third-order valence-electron chi connectivity index (χ3n) is 4.85. The van der Waals surface area contributed by atoms with Crippen LogP contribution in [0.15, 0.2) is 18.2 Å². The van der Waals surface area contributed by atoms with Crippen LogP contribution in [0, 0.1) is 15.4 Å². The average molecular weight is 420 g/mol. The summed E-state index contributed by atoms with van der Waals surface area (Å²) in [5.74, 6) is 1.71. The summed E-state index contributed by atoms with van der Waals surface area (Å²) < 4.78 is 1.34. The fourth-order valence-corrected chi connectivity index (χ4v) is 4.36. The number of nitrogens with one attached hydrogen (secondary N) is 1. The van der Waals surface area contributed by atoms with Gasteiger partial charge in [-0.25, -0.2) is 0 Å². The van der Waals surface area contributed by atoms with Gasteiger partial charge in [0.25, 0.3) is 0 Å². The third kappa shape index (κ3) is 4.84. The molecule has 1 unspecified atom stereocenters. The Morgan fingerprint density at radius 2 is 1.95 bits per heavy atom. The molecule has 0 aliphatic heterocycles. The first-order chi connectivity index (χ1) is 10.2. The zero-order chi connectivity index (χ0) is 15.2. The van der Waals surface area contributed by atoms with Crippen molar-refractivity contribution >= 4 is 34.2 Å². The van der Waals surface area contributed by atoms with E-state index in [1.807, 2.05) is 6.07 Å². The fraction of sp³-hybridized carbons (Fsp3) is 0.667. The predicted octanol–water partition coefficient (Wildman–Crippen LogP) is 6.20. The summed E-state index contributed by atoms with van der Waals surface area (Å²) in [5, 5.41) is 4.65. The molecule has 2 rings (SSSR count). The molecular formula is C18H27ClIN. The highest BCUT2D eigenvalue weighted by atomic mass is 127. The molecule has 21 heavy (non-hydrogen) atoms. The van der Waals surface area contributed by atoms with E-state index in [9.17, 15) is 0 Å². The molecule has 1 fully saturated rings. The maximum atomic E-state index is 6.25. The SMILES string of the molecule is CCCNC(c1cc(Cl)ccc1I)C1CCC(CC)CC1. The van der Waals surface area contributed by atoms with Crippen molar-refractivity contribution in [3.8, 4) is 0 Å². The second-order valence-electron chi connectivity index (χ2n) is 6.29. The standard InChI is InChI=1S/C18H27ClIN/c1-3-11-21-18(14-7-5-13(4-2)6-8-14)16-12-15(19)9-10-17(16)20/h9-10,12-14,18,21H,3-8,11H2,1-2H3. The van der Waals surface area contributed by atoms with E-state index < -0.39 is 0 Å². The maximum Gasteiger partial charge on any atom is 0.0410 e. The molecule has 1 aromatic carbocycles. The van der Waals surface area contributed by atoms with Gasteiger partial charge in [-0.1, -0.05) is 44.7 Å². The first-order valence-corrected chi connectivity index (χ1v) is 9.79. The monoisotopic (exact) mass is 419 g/mol. The van der Waals surface area contributed by atoms with Crippen LogP contribution < -0.4 is 5.32 Å². The minimum absolute atomic E-state index is 0.466. The van der Waals surface area contributed by atoms with Crippen molar-refractivity contribution in [2.24, 2.45) is 11.8 Å². The zero-order valence-corrected chi connectivity index (χ0v) is 16.1. The summed E-state index contributed by atoms with van der Waals surface area (Å²) in [6.07, 6.45) is 8.00. The lowest BCUT2D eigenvalue weighted by Gasteiger charge is -2.35. The minimum atomic E-state index is 0.466. The maximum absolute atomic E-state index is 6.25. The summed E-state index contributed by atoms with van der Waals surface area (Å²) in [6.45, 7) is 5.65. The van der Waals surface area contributed by atoms with Crippen LogP contribution in [0.1, 0.15) is 64.0 Å². The van der Waals surface area contributed by atoms with Gasteiger partial charge in [-0.3, -0.25) is 0 Å². The summed E-state index contributed by atoms with van der Waals surface area (Å²) in [5.41, 5.74) is 1.40. The van der Waals surface area contributed by atoms with E-state index in [4.69, 9.17) is 11.6 Å². The largest absolute Gasteiger partial charge is 0.310 e. The highest BCUT2D eigenvalue weighted by molar-refractivity contribution is 14.1. The molecule has 1 aromatic rings. The normalized spacial score (nSPS) is 24.0. The van der Waals surface area contributed by atoms with Crippen LogP contribution >= 0.6 is 34.2 Å². The summed E-state index contributed by atoms with van der Waals surface area (Å²) >= 11 is 8.70. The average Bonchev–Trinajstić information content (AvgIpc) is 2.51. The van der Waals surface area contributed by atoms with E-state index in [0.29, 0.717) is 6.04 Å². The minimum Gasteiger partial charge on any atom is -0.310 e. The Kier molecular flexibility index (Phi) is 7.30. The van der Waals surface area contributed by atoms with E-state index in [0.717, 1.165) is 23.4 Å². The number of hydrogen-bond acceptors (Lipinski definition) is 1. The predicted molar refractivity (Wildman–Crippen MR) is 101 cm³/mol. The van der Waals surface area contributed by atoms with Gasteiger partial charge in [-0.15, -0.1) is 0 Å². The molecular weight excluding hydrogens is 393 g/mol. The van der Waals surface area contributed by atoms with Crippen molar-refractivity contribution < 1.29 is 0 Å². The van der Waals surface area contributed by atoms with Crippen LogP contribution in [0.5, 0.6) is 0 Å². The fourth-order valence-electron chi connectivity index (χ4n) is 3.51. The van der Waals surface area contributed by atoms with Gasteiger partial charge in [0.2, 0.25) is 0 Å². The lowest BCUT2D eigenvalue weighted by molar-refractivity contribution is 0.218. The Morgan fingerprint density at radius 3 is 2.57 bits per heavy atom. The number of hydrogen-bond donors (Lipinski definition) is 1. The van der Waals surface area contributed by atoms with Gasteiger partial charge in [0.15, 0.2) is 0 Å². The van der Waals surface area contributed by atoms with Gasteiger partial charge in [-0.2, -0.15) is 0 Å². The van der Waals surface area contributed by atoms with E-state index in [2.05, 4.69) is 53.9 Å². The lowest BCUT2D eigenvalue weighted by Crippen LogP contribution is -2.32. The summed E-state index contributed by atoms with van der Waals surface area (Å²) in [4.78, 5) is 0. The van der Waals surface area contributed by atoms with E-state index in [-0.39, 0.29) is 0 Å². The summed E-state index contributed by atoms with van der Waals surface area (Å²) in [7, 11) is 0. The number of benzene rings is 1. The van der Waals surface area contributed by atoms with Gasteiger partial charge < -0.3 is 5.32 Å². The number of rotatable bonds is 6. The Labute approximate surface area is 148 Å². The molecule has 0 spiro atoms. The van der Waals surface area contributed by atoms with Crippen LogP contribution in [-0.2, 0) is 0 Å². The first kappa shape index (κ1) is 17.6. The molecule has 1 nitrogen and oxygen atoms in total. The Morgan fingerprint density at radius 1 is 1.24 bits per heavy atom. The second kappa shape index (κ2) is 8.73. The van der Waals surface area contributed by atoms with Crippen molar-refractivity contribution in [2.45, 2.75) is 58.4 Å².